The molecule has 132 valence electrons. The van der Waals surface area contributed by atoms with Crippen LogP contribution in [0.4, 0.5) is 0 Å². The third-order valence-electron chi connectivity index (χ3n) is 5.39. The number of carboxylic acid groups (broad SMARTS) is 1. The first-order valence-corrected chi connectivity index (χ1v) is 8.73. The Hall–Kier alpha value is -2.18. The highest BCUT2D eigenvalue weighted by Crippen LogP contribution is 2.40. The number of hydrogen-bond donors (Lipinski definition) is 0. The van der Waals surface area contributed by atoms with Crippen LogP contribution in [0.1, 0.15) is 5.56 Å². The minimum atomic E-state index is -1.20. The monoisotopic (exact) mass is 341 g/mol. The van der Waals surface area contributed by atoms with E-state index in [-0.39, 0.29) is 5.91 Å². The molecule has 2 fully saturated rings. The van der Waals surface area contributed by atoms with Gasteiger partial charge in [0.15, 0.2) is 0 Å². The van der Waals surface area contributed by atoms with E-state index < -0.39 is 30.0 Å². The van der Waals surface area contributed by atoms with E-state index in [1.807, 2.05) is 18.2 Å². The molecule has 1 aromatic carbocycles. The number of fused-ring (bicyclic) bond motifs is 2. The number of aliphatic carboxylic acids is 1. The number of amides is 1. The molecule has 3 aliphatic rings. The lowest BCUT2D eigenvalue weighted by atomic mass is 9.82. The summed E-state index contributed by atoms with van der Waals surface area (Å²) in [5, 5.41) is 11.4. The number of nitrogens with zero attached hydrogens (tertiary/aromatic N) is 2. The topological polar surface area (TPSA) is 72.9 Å². The molecule has 0 aliphatic carbocycles. The summed E-state index contributed by atoms with van der Waals surface area (Å²) in [5.41, 5.74) is 1.26. The molecule has 2 saturated heterocycles. The lowest BCUT2D eigenvalue weighted by molar-refractivity contribution is -0.313. The zero-order valence-corrected chi connectivity index (χ0v) is 13.9. The van der Waals surface area contributed by atoms with Gasteiger partial charge in [0.25, 0.3) is 0 Å². The molecule has 0 radical (unpaired) electrons. The van der Waals surface area contributed by atoms with Gasteiger partial charge in [0.05, 0.1) is 18.1 Å². The molecule has 6 heteroatoms. The maximum atomic E-state index is 12.9. The Morgan fingerprint density at radius 1 is 1.00 bits per heavy atom. The maximum absolute atomic E-state index is 12.9. The lowest BCUT2D eigenvalue weighted by Crippen LogP contribution is -2.53. The minimum Gasteiger partial charge on any atom is -0.550 e. The molecule has 0 aromatic heterocycles. The minimum absolute atomic E-state index is 0.120. The summed E-state index contributed by atoms with van der Waals surface area (Å²) in [6, 6.07) is 10.2. The highest BCUT2D eigenvalue weighted by atomic mass is 16.5. The van der Waals surface area contributed by atoms with Crippen LogP contribution in [0.2, 0.25) is 0 Å². The van der Waals surface area contributed by atoms with Crippen LogP contribution in [0.3, 0.4) is 0 Å². The Kier molecular flexibility index (Phi) is 4.31. The zero-order valence-electron chi connectivity index (χ0n) is 13.9. The van der Waals surface area contributed by atoms with E-state index in [0.29, 0.717) is 13.1 Å². The summed E-state index contributed by atoms with van der Waals surface area (Å²) in [7, 11) is 0. The molecule has 0 N–H and O–H groups in total. The van der Waals surface area contributed by atoms with Crippen molar-refractivity contribution in [1.82, 2.24) is 9.80 Å². The van der Waals surface area contributed by atoms with E-state index >= 15 is 0 Å². The first-order valence-electron chi connectivity index (χ1n) is 8.73. The molecule has 2 unspecified atom stereocenters. The molecule has 3 heterocycles. The fraction of sp³-hybridized carbons (Fsp3) is 0.474. The Balaban J connectivity index is 1.37. The van der Waals surface area contributed by atoms with Crippen molar-refractivity contribution in [2.75, 3.05) is 26.2 Å². The van der Waals surface area contributed by atoms with Gasteiger partial charge in [-0.2, -0.15) is 0 Å². The van der Waals surface area contributed by atoms with Gasteiger partial charge in [-0.15, -0.1) is 0 Å². The molecular formula is C19H21N2O4-. The summed E-state index contributed by atoms with van der Waals surface area (Å²) in [4.78, 5) is 28.4. The molecule has 1 amide bonds. The van der Waals surface area contributed by atoms with Crippen molar-refractivity contribution >= 4 is 11.9 Å². The fourth-order valence-corrected chi connectivity index (χ4v) is 4.06. The third kappa shape index (κ3) is 3.07. The highest BCUT2D eigenvalue weighted by Gasteiger charge is 2.51. The van der Waals surface area contributed by atoms with E-state index in [2.05, 4.69) is 17.0 Å². The van der Waals surface area contributed by atoms with Gasteiger partial charge in [-0.25, -0.2) is 0 Å². The Morgan fingerprint density at radius 3 is 2.28 bits per heavy atom. The molecule has 0 spiro atoms. The van der Waals surface area contributed by atoms with Gasteiger partial charge < -0.3 is 19.5 Å². The van der Waals surface area contributed by atoms with Crippen molar-refractivity contribution in [3.63, 3.8) is 0 Å². The fourth-order valence-electron chi connectivity index (χ4n) is 4.06. The van der Waals surface area contributed by atoms with Crippen LogP contribution in [-0.2, 0) is 20.9 Å². The van der Waals surface area contributed by atoms with E-state index in [4.69, 9.17) is 4.74 Å². The van der Waals surface area contributed by atoms with Gasteiger partial charge in [-0.1, -0.05) is 42.5 Å². The second-order valence-electron chi connectivity index (χ2n) is 6.91. The quantitative estimate of drug-likeness (QED) is 0.700. The number of carbonyl (C=O) groups is 2. The second-order valence-corrected chi connectivity index (χ2v) is 6.91. The molecule has 4 atom stereocenters. The van der Waals surface area contributed by atoms with Crippen molar-refractivity contribution in [2.24, 2.45) is 11.8 Å². The van der Waals surface area contributed by atoms with Crippen molar-refractivity contribution in [1.29, 1.82) is 0 Å². The predicted octanol–water partition coefficient (Wildman–Crippen LogP) is -0.350. The van der Waals surface area contributed by atoms with Crippen LogP contribution < -0.4 is 5.11 Å². The van der Waals surface area contributed by atoms with Crippen LogP contribution in [0.15, 0.2) is 42.5 Å². The first kappa shape index (κ1) is 16.3. The Labute approximate surface area is 146 Å². The number of hydrogen-bond acceptors (Lipinski definition) is 5. The summed E-state index contributed by atoms with van der Waals surface area (Å²) in [6.07, 6.45) is 2.58. The number of benzene rings is 1. The Bertz CT molecular complexity index is 682. The number of piperazine rings is 1. The number of carbonyl (C=O) groups excluding carboxylic acids is 2. The predicted molar refractivity (Wildman–Crippen MR) is 88.1 cm³/mol. The average molecular weight is 341 g/mol. The lowest BCUT2D eigenvalue weighted by Gasteiger charge is -2.37. The van der Waals surface area contributed by atoms with Gasteiger partial charge in [0.1, 0.15) is 0 Å². The van der Waals surface area contributed by atoms with Crippen molar-refractivity contribution in [2.45, 2.75) is 18.8 Å². The smallest absolute Gasteiger partial charge is 0.229 e. The molecule has 1 aromatic rings. The van der Waals surface area contributed by atoms with Gasteiger partial charge >= 0.3 is 0 Å². The number of rotatable bonds is 4. The van der Waals surface area contributed by atoms with Crippen molar-refractivity contribution < 1.29 is 19.4 Å². The zero-order chi connectivity index (χ0) is 17.4. The first-order chi connectivity index (χ1) is 12.1. The van der Waals surface area contributed by atoms with Crippen molar-refractivity contribution in [3.8, 4) is 0 Å². The summed E-state index contributed by atoms with van der Waals surface area (Å²) in [5.74, 6) is -2.84. The standard InChI is InChI=1S/C19H22N2O4/c22-18(16-14-6-7-15(25-14)17(16)19(23)24)21-10-8-20(9-11-21)12-13-4-2-1-3-5-13/h1-7,14-17H,8-12H2,(H,23,24)/p-1/t14-,15+,16?,17?/m0/s1. The summed E-state index contributed by atoms with van der Waals surface area (Å²) in [6.45, 7) is 3.67. The van der Waals surface area contributed by atoms with Crippen LogP contribution in [0.5, 0.6) is 0 Å². The number of ether oxygens (including phenoxy) is 1. The SMILES string of the molecule is O=C([O-])C1C(C(=O)N2CCN(Cc3ccccc3)CC2)[C@@H]2C=C[C@H]1O2. The summed E-state index contributed by atoms with van der Waals surface area (Å²) < 4.78 is 5.58. The van der Waals surface area contributed by atoms with E-state index in [1.165, 1.54) is 5.56 Å². The van der Waals surface area contributed by atoms with Gasteiger partial charge in [-0.3, -0.25) is 9.69 Å². The molecular weight excluding hydrogens is 320 g/mol. The number of carboxylic acids is 1. The largest absolute Gasteiger partial charge is 0.550 e. The van der Waals surface area contributed by atoms with Crippen LogP contribution in [0, 0.1) is 11.8 Å². The normalized spacial score (nSPS) is 31.4. The van der Waals surface area contributed by atoms with Gasteiger partial charge in [0, 0.05) is 44.6 Å². The van der Waals surface area contributed by atoms with Gasteiger partial charge in [-0.05, 0) is 5.56 Å². The second kappa shape index (κ2) is 6.61. The third-order valence-corrected chi connectivity index (χ3v) is 5.39. The molecule has 25 heavy (non-hydrogen) atoms. The molecule has 6 nitrogen and oxygen atoms in total. The van der Waals surface area contributed by atoms with E-state index in [1.54, 1.807) is 17.1 Å². The van der Waals surface area contributed by atoms with E-state index in [0.717, 1.165) is 19.6 Å². The molecule has 3 aliphatic heterocycles. The van der Waals surface area contributed by atoms with E-state index in [9.17, 15) is 14.7 Å². The molecule has 4 rings (SSSR count). The van der Waals surface area contributed by atoms with Crippen molar-refractivity contribution in [3.05, 3.63) is 48.0 Å². The van der Waals surface area contributed by atoms with Crippen LogP contribution in [0.25, 0.3) is 0 Å². The highest BCUT2D eigenvalue weighted by molar-refractivity contribution is 5.86. The molecule has 2 bridgehead atoms. The van der Waals surface area contributed by atoms with Crippen LogP contribution in [-0.4, -0.2) is 60.1 Å². The average Bonchev–Trinajstić information content (AvgIpc) is 3.24. The van der Waals surface area contributed by atoms with Gasteiger partial charge in [0.2, 0.25) is 5.91 Å². The maximum Gasteiger partial charge on any atom is 0.229 e. The molecule has 0 saturated carbocycles. The Morgan fingerprint density at radius 2 is 1.64 bits per heavy atom. The summed E-state index contributed by atoms with van der Waals surface area (Å²) >= 11 is 0. The van der Waals surface area contributed by atoms with Crippen LogP contribution >= 0.6 is 0 Å².